The quantitative estimate of drug-likeness (QED) is 0.354. The number of Topliss-reactive ketones (excluding diaryl/α,β-unsaturated/α-hetero) is 2. The maximum Gasteiger partial charge on any atom is 0.405 e. The van der Waals surface area contributed by atoms with Crippen LogP contribution in [0.2, 0.25) is 0 Å². The fraction of sp³-hybridized carbons (Fsp3) is 0.464. The Hall–Kier alpha value is -3.83. The number of hydrogen-bond acceptors (Lipinski definition) is 9. The molecule has 0 aromatic rings. The lowest BCUT2D eigenvalue weighted by molar-refractivity contribution is -0.132. The zero-order valence-corrected chi connectivity index (χ0v) is 23.1. The first-order valence-electron chi connectivity index (χ1n) is 12.5. The summed E-state index contributed by atoms with van der Waals surface area (Å²) >= 11 is 0. The summed E-state index contributed by atoms with van der Waals surface area (Å²) in [6, 6.07) is 0. The van der Waals surface area contributed by atoms with Crippen LogP contribution in [0.5, 0.6) is 0 Å². The van der Waals surface area contributed by atoms with Crippen molar-refractivity contribution in [3.8, 4) is 0 Å². The molecule has 1 heterocycles. The van der Waals surface area contributed by atoms with E-state index in [9.17, 15) is 24.0 Å². The summed E-state index contributed by atoms with van der Waals surface area (Å²) in [5.74, 6) is -2.91. The minimum atomic E-state index is -1.03. The molecular formula is C28H37N3O8. The van der Waals surface area contributed by atoms with Gasteiger partial charge in [0.1, 0.15) is 12.2 Å². The molecule has 0 saturated heterocycles. The van der Waals surface area contributed by atoms with Crippen LogP contribution in [-0.2, 0) is 33.4 Å². The van der Waals surface area contributed by atoms with E-state index in [0.29, 0.717) is 5.57 Å². The number of hydrogen-bond donors (Lipinski definition) is 3. The maximum absolute atomic E-state index is 13.3. The Morgan fingerprint density at radius 3 is 2.33 bits per heavy atom. The van der Waals surface area contributed by atoms with Gasteiger partial charge in [-0.2, -0.15) is 0 Å². The average Bonchev–Trinajstić information content (AvgIpc) is 2.88. The SMILES string of the molecule is COC1CC(C)CC2=C(N)C(=O)C=C(NC(=O)/C(C)=C/C=C\C(OC)C(OC(N)=O)/C(C)=C/C(C)C1=O)C2=O. The van der Waals surface area contributed by atoms with Crippen LogP contribution >= 0.6 is 0 Å². The fourth-order valence-electron chi connectivity index (χ4n) is 4.45. The Bertz CT molecular complexity index is 1180. The average molecular weight is 544 g/mol. The molecule has 0 aromatic carbocycles. The summed E-state index contributed by atoms with van der Waals surface area (Å²) in [6.45, 7) is 6.70. The molecule has 11 nitrogen and oxygen atoms in total. The highest BCUT2D eigenvalue weighted by Gasteiger charge is 2.32. The second kappa shape index (κ2) is 13.8. The van der Waals surface area contributed by atoms with E-state index in [2.05, 4.69) is 5.32 Å². The van der Waals surface area contributed by atoms with Crippen molar-refractivity contribution in [1.82, 2.24) is 5.32 Å². The third kappa shape index (κ3) is 8.08. The standard InChI is InChI=1S/C28H37N3O8/c1-14-10-18-23(29)20(32)13-19(25(18)34)31-27(35)15(2)8-7-9-21(37-5)26(39-28(30)36)17(4)12-16(3)24(33)22(11-14)38-6/h7-9,12-14,16,21-22,26H,10-11,29H2,1-6H3,(H2,30,36)(H,31,35)/b9-7-,15-8+,17-12+. The summed E-state index contributed by atoms with van der Waals surface area (Å²) in [6.07, 6.45) is 3.91. The molecule has 1 aliphatic carbocycles. The molecule has 5 atom stereocenters. The molecule has 2 aliphatic rings. The number of ether oxygens (including phenoxy) is 3. The second-order valence-electron chi connectivity index (χ2n) is 9.76. The normalized spacial score (nSPS) is 31.4. The van der Waals surface area contributed by atoms with Gasteiger partial charge in [0.25, 0.3) is 5.91 Å². The first-order valence-corrected chi connectivity index (χ1v) is 12.5. The van der Waals surface area contributed by atoms with Gasteiger partial charge in [-0.1, -0.05) is 38.2 Å². The highest BCUT2D eigenvalue weighted by atomic mass is 16.6. The topological polar surface area (TPSA) is 177 Å². The van der Waals surface area contributed by atoms with E-state index in [1.165, 1.54) is 33.3 Å². The van der Waals surface area contributed by atoms with Gasteiger partial charge in [0.15, 0.2) is 11.9 Å². The summed E-state index contributed by atoms with van der Waals surface area (Å²) < 4.78 is 16.3. The van der Waals surface area contributed by atoms with Crippen LogP contribution < -0.4 is 16.8 Å². The van der Waals surface area contributed by atoms with E-state index < -0.39 is 47.8 Å². The van der Waals surface area contributed by atoms with Crippen molar-refractivity contribution in [3.63, 3.8) is 0 Å². The molecule has 0 radical (unpaired) electrons. The fourth-order valence-corrected chi connectivity index (χ4v) is 4.45. The summed E-state index contributed by atoms with van der Waals surface area (Å²) in [7, 11) is 2.82. The third-order valence-corrected chi connectivity index (χ3v) is 6.63. The van der Waals surface area contributed by atoms with Gasteiger partial charge in [-0.05, 0) is 38.2 Å². The highest BCUT2D eigenvalue weighted by molar-refractivity contribution is 6.23. The summed E-state index contributed by atoms with van der Waals surface area (Å²) in [4.78, 5) is 63.4. The van der Waals surface area contributed by atoms with Crippen LogP contribution in [0.25, 0.3) is 0 Å². The number of amides is 2. The van der Waals surface area contributed by atoms with Crippen molar-refractivity contribution in [2.24, 2.45) is 23.3 Å². The molecule has 2 bridgehead atoms. The number of allylic oxidation sites excluding steroid dienone is 5. The van der Waals surface area contributed by atoms with Crippen LogP contribution in [0.1, 0.15) is 40.5 Å². The van der Waals surface area contributed by atoms with Crippen LogP contribution in [0.3, 0.4) is 0 Å². The van der Waals surface area contributed by atoms with Crippen molar-refractivity contribution in [2.45, 2.75) is 58.8 Å². The molecule has 0 saturated carbocycles. The molecular weight excluding hydrogens is 506 g/mol. The van der Waals surface area contributed by atoms with E-state index in [4.69, 9.17) is 25.7 Å². The van der Waals surface area contributed by atoms with Gasteiger partial charge in [-0.3, -0.25) is 19.2 Å². The van der Waals surface area contributed by atoms with Crippen LogP contribution in [0.15, 0.2) is 58.5 Å². The van der Waals surface area contributed by atoms with Crippen LogP contribution in [0.4, 0.5) is 4.79 Å². The van der Waals surface area contributed by atoms with Crippen LogP contribution in [-0.4, -0.2) is 61.9 Å². The molecule has 0 spiro atoms. The first-order chi connectivity index (χ1) is 18.3. The number of methoxy groups -OCH3 is 2. The monoisotopic (exact) mass is 543 g/mol. The Morgan fingerprint density at radius 2 is 1.74 bits per heavy atom. The third-order valence-electron chi connectivity index (χ3n) is 6.63. The lowest BCUT2D eigenvalue weighted by Crippen LogP contribution is -2.35. The molecule has 1 aliphatic heterocycles. The zero-order valence-electron chi connectivity index (χ0n) is 23.1. The first kappa shape index (κ1) is 31.4. The van der Waals surface area contributed by atoms with E-state index in [-0.39, 0.29) is 47.1 Å². The number of carbonyl (C=O) groups is 5. The van der Waals surface area contributed by atoms with Crippen molar-refractivity contribution in [3.05, 3.63) is 58.5 Å². The van der Waals surface area contributed by atoms with E-state index >= 15 is 0 Å². The molecule has 2 amide bonds. The molecule has 0 fully saturated rings. The maximum atomic E-state index is 13.3. The van der Waals surface area contributed by atoms with Gasteiger partial charge >= 0.3 is 6.09 Å². The van der Waals surface area contributed by atoms with E-state index in [1.54, 1.807) is 32.9 Å². The van der Waals surface area contributed by atoms with Gasteiger partial charge in [-0.15, -0.1) is 0 Å². The Morgan fingerprint density at radius 1 is 1.08 bits per heavy atom. The highest BCUT2D eigenvalue weighted by Crippen LogP contribution is 2.27. The number of nitrogens with one attached hydrogen (secondary N) is 1. The largest absolute Gasteiger partial charge is 0.439 e. The lowest BCUT2D eigenvalue weighted by Gasteiger charge is -2.26. The van der Waals surface area contributed by atoms with Gasteiger partial charge in [-0.25, -0.2) is 4.79 Å². The Balaban J connectivity index is 2.58. The van der Waals surface area contributed by atoms with E-state index in [1.807, 2.05) is 0 Å². The van der Waals surface area contributed by atoms with Gasteiger partial charge < -0.3 is 31.0 Å². The molecule has 0 aromatic heterocycles. The molecule has 5 unspecified atom stereocenters. The zero-order chi connectivity index (χ0) is 29.4. The predicted molar refractivity (Wildman–Crippen MR) is 143 cm³/mol. The number of rotatable bonds is 3. The van der Waals surface area contributed by atoms with Gasteiger partial charge in [0.05, 0.1) is 11.4 Å². The molecule has 5 N–H and O–H groups in total. The van der Waals surface area contributed by atoms with Crippen LogP contribution in [0, 0.1) is 11.8 Å². The lowest BCUT2D eigenvalue weighted by atomic mass is 9.85. The minimum absolute atomic E-state index is 0.0743. The van der Waals surface area contributed by atoms with Crippen molar-refractivity contribution < 1.29 is 38.2 Å². The molecule has 212 valence electrons. The van der Waals surface area contributed by atoms with Gasteiger partial charge in [0, 0.05) is 37.4 Å². The summed E-state index contributed by atoms with van der Waals surface area (Å²) in [5, 5.41) is 2.48. The smallest absolute Gasteiger partial charge is 0.405 e. The number of ketones is 3. The predicted octanol–water partition coefficient (Wildman–Crippen LogP) is 1.93. The minimum Gasteiger partial charge on any atom is -0.439 e. The van der Waals surface area contributed by atoms with Crippen molar-refractivity contribution >= 4 is 29.4 Å². The number of fused-ring (bicyclic) bond motifs is 2. The number of carbonyl (C=O) groups excluding carboxylic acids is 5. The Kier molecular flexibility index (Phi) is 11.1. The number of nitrogens with two attached hydrogens (primary N) is 2. The second-order valence-corrected chi connectivity index (χ2v) is 9.76. The number of primary amides is 1. The van der Waals surface area contributed by atoms with Crippen molar-refractivity contribution in [2.75, 3.05) is 14.2 Å². The molecule has 39 heavy (non-hydrogen) atoms. The van der Waals surface area contributed by atoms with Crippen molar-refractivity contribution in [1.29, 1.82) is 0 Å². The summed E-state index contributed by atoms with van der Waals surface area (Å²) in [5.41, 5.74) is 11.7. The Labute approximate surface area is 228 Å². The molecule has 2 rings (SSSR count). The van der Waals surface area contributed by atoms with E-state index in [0.717, 1.165) is 6.08 Å². The van der Waals surface area contributed by atoms with Gasteiger partial charge in [0.2, 0.25) is 11.6 Å². The molecule has 11 heteroatoms.